The van der Waals surface area contributed by atoms with Crippen LogP contribution in [0.2, 0.25) is 0 Å². The number of hydrogen-bond acceptors (Lipinski definition) is 3. The van der Waals surface area contributed by atoms with Crippen LogP contribution in [0.15, 0.2) is 22.7 Å². The predicted molar refractivity (Wildman–Crippen MR) is 78.5 cm³/mol. The average Bonchev–Trinajstić information content (AvgIpc) is 2.28. The molecule has 0 atom stereocenters. The van der Waals surface area contributed by atoms with E-state index < -0.39 is 5.54 Å². The number of nitrogens with two attached hydrogens (primary N) is 1. The molecule has 0 aliphatic heterocycles. The molecule has 0 aromatic heterocycles. The number of rotatable bonds is 4. The molecule has 0 saturated carbocycles. The number of nitrogens with one attached hydrogen (secondary N) is 1. The van der Waals surface area contributed by atoms with Crippen molar-refractivity contribution in [3.05, 3.63) is 28.2 Å². The summed E-state index contributed by atoms with van der Waals surface area (Å²) in [4.78, 5) is 11.9. The van der Waals surface area contributed by atoms with Crippen LogP contribution in [0.25, 0.3) is 0 Å². The number of methoxy groups -OCH3 is 1. The molecule has 0 aliphatic rings. The molecule has 1 rings (SSSR count). The molecule has 102 valence electrons. The first-order valence-electron chi connectivity index (χ1n) is 5.26. The highest BCUT2D eigenvalue weighted by Crippen LogP contribution is 2.25. The van der Waals surface area contributed by atoms with Gasteiger partial charge in [0.2, 0.25) is 0 Å². The van der Waals surface area contributed by atoms with Crippen LogP contribution in [0, 0.1) is 0 Å². The summed E-state index contributed by atoms with van der Waals surface area (Å²) < 4.78 is 5.85. The number of amides is 1. The zero-order valence-corrected chi connectivity index (χ0v) is 13.0. The van der Waals surface area contributed by atoms with Crippen molar-refractivity contribution in [1.82, 2.24) is 5.32 Å². The molecular weight excluding hydrogens is 320 g/mol. The van der Waals surface area contributed by atoms with Gasteiger partial charge in [-0.3, -0.25) is 4.79 Å². The van der Waals surface area contributed by atoms with Crippen molar-refractivity contribution in [2.45, 2.75) is 19.4 Å². The number of benzene rings is 1. The summed E-state index contributed by atoms with van der Waals surface area (Å²) in [6.45, 7) is 4.14. The fourth-order valence-electron chi connectivity index (χ4n) is 1.24. The fourth-order valence-corrected chi connectivity index (χ4v) is 1.78. The van der Waals surface area contributed by atoms with Crippen molar-refractivity contribution >= 4 is 34.2 Å². The van der Waals surface area contributed by atoms with Gasteiger partial charge in [0.05, 0.1) is 11.6 Å². The first kappa shape index (κ1) is 17.2. The third kappa shape index (κ3) is 4.48. The average molecular weight is 338 g/mol. The Morgan fingerprint density at radius 1 is 1.50 bits per heavy atom. The van der Waals surface area contributed by atoms with Crippen molar-refractivity contribution in [2.24, 2.45) is 5.73 Å². The summed E-state index contributed by atoms with van der Waals surface area (Å²) in [7, 11) is 1.58. The van der Waals surface area contributed by atoms with E-state index in [0.717, 1.165) is 4.47 Å². The monoisotopic (exact) mass is 336 g/mol. The molecule has 4 nitrogen and oxygen atoms in total. The predicted octanol–water partition coefficient (Wildman–Crippen LogP) is 2.35. The molecule has 1 aromatic carbocycles. The van der Waals surface area contributed by atoms with E-state index in [9.17, 15) is 4.79 Å². The Labute approximate surface area is 122 Å². The molecular formula is C12H18BrClN2O2. The van der Waals surface area contributed by atoms with E-state index in [1.807, 2.05) is 13.8 Å². The molecule has 1 aromatic rings. The topological polar surface area (TPSA) is 64.3 Å². The minimum Gasteiger partial charge on any atom is -0.496 e. The van der Waals surface area contributed by atoms with Gasteiger partial charge in [-0.2, -0.15) is 0 Å². The maximum Gasteiger partial charge on any atom is 0.251 e. The molecule has 1 amide bonds. The number of hydrogen-bond donors (Lipinski definition) is 2. The summed E-state index contributed by atoms with van der Waals surface area (Å²) in [5.74, 6) is 0.545. The van der Waals surface area contributed by atoms with Gasteiger partial charge in [-0.15, -0.1) is 12.4 Å². The Morgan fingerprint density at radius 3 is 2.56 bits per heavy atom. The minimum atomic E-state index is -0.413. The van der Waals surface area contributed by atoms with E-state index in [1.54, 1.807) is 25.3 Å². The van der Waals surface area contributed by atoms with E-state index >= 15 is 0 Å². The number of ether oxygens (including phenoxy) is 1. The van der Waals surface area contributed by atoms with Gasteiger partial charge in [0.25, 0.3) is 5.91 Å². The smallest absolute Gasteiger partial charge is 0.251 e. The zero-order valence-electron chi connectivity index (χ0n) is 10.6. The molecule has 3 N–H and O–H groups in total. The lowest BCUT2D eigenvalue weighted by Gasteiger charge is -2.24. The van der Waals surface area contributed by atoms with Gasteiger partial charge in [-0.1, -0.05) is 0 Å². The maximum atomic E-state index is 11.9. The van der Waals surface area contributed by atoms with Gasteiger partial charge in [-0.25, -0.2) is 0 Å². The molecule has 0 fully saturated rings. The largest absolute Gasteiger partial charge is 0.496 e. The summed E-state index contributed by atoms with van der Waals surface area (Å²) in [6.07, 6.45) is 0. The van der Waals surface area contributed by atoms with E-state index in [4.69, 9.17) is 10.5 Å². The molecule has 0 unspecified atom stereocenters. The highest BCUT2D eigenvalue weighted by atomic mass is 79.9. The minimum absolute atomic E-state index is 0. The molecule has 0 aliphatic carbocycles. The van der Waals surface area contributed by atoms with Crippen molar-refractivity contribution in [3.63, 3.8) is 0 Å². The third-order valence-electron chi connectivity index (χ3n) is 2.38. The molecule has 0 radical (unpaired) electrons. The van der Waals surface area contributed by atoms with Gasteiger partial charge in [0, 0.05) is 17.6 Å². The quantitative estimate of drug-likeness (QED) is 0.886. The number of carbonyl (C=O) groups is 1. The lowest BCUT2D eigenvalue weighted by Crippen LogP contribution is -2.48. The van der Waals surface area contributed by atoms with Crippen molar-refractivity contribution in [1.29, 1.82) is 0 Å². The van der Waals surface area contributed by atoms with Crippen LogP contribution >= 0.6 is 28.3 Å². The Bertz CT molecular complexity index is 425. The first-order valence-corrected chi connectivity index (χ1v) is 6.05. The fraction of sp³-hybridized carbons (Fsp3) is 0.417. The second-order valence-electron chi connectivity index (χ2n) is 4.39. The third-order valence-corrected chi connectivity index (χ3v) is 3.00. The summed E-state index contributed by atoms with van der Waals surface area (Å²) in [5, 5.41) is 2.86. The summed E-state index contributed by atoms with van der Waals surface area (Å²) in [6, 6.07) is 5.18. The highest BCUT2D eigenvalue weighted by Gasteiger charge is 2.19. The van der Waals surface area contributed by atoms with Gasteiger partial charge in [0.1, 0.15) is 5.75 Å². The lowest BCUT2D eigenvalue weighted by molar-refractivity contribution is 0.0915. The summed E-state index contributed by atoms with van der Waals surface area (Å²) >= 11 is 3.34. The SMILES string of the molecule is COc1ccc(C(=O)NC(C)(C)CN)cc1Br.Cl. The van der Waals surface area contributed by atoms with Gasteiger partial charge in [-0.05, 0) is 48.0 Å². The van der Waals surface area contributed by atoms with E-state index in [0.29, 0.717) is 17.9 Å². The van der Waals surface area contributed by atoms with Crippen LogP contribution in [0.4, 0.5) is 0 Å². The molecule has 0 heterocycles. The maximum absolute atomic E-state index is 11.9. The number of halogens is 2. The van der Waals surface area contributed by atoms with Crippen LogP contribution in [0.5, 0.6) is 5.75 Å². The normalized spacial score (nSPS) is 10.5. The molecule has 0 saturated heterocycles. The van der Waals surface area contributed by atoms with Crippen LogP contribution in [0.1, 0.15) is 24.2 Å². The van der Waals surface area contributed by atoms with Crippen LogP contribution < -0.4 is 15.8 Å². The zero-order chi connectivity index (χ0) is 13.1. The second-order valence-corrected chi connectivity index (χ2v) is 5.25. The van der Waals surface area contributed by atoms with Crippen molar-refractivity contribution < 1.29 is 9.53 Å². The van der Waals surface area contributed by atoms with Crippen LogP contribution in [0.3, 0.4) is 0 Å². The first-order chi connectivity index (χ1) is 7.89. The van der Waals surface area contributed by atoms with Gasteiger partial charge < -0.3 is 15.8 Å². The second kappa shape index (κ2) is 6.97. The van der Waals surface area contributed by atoms with E-state index in [-0.39, 0.29) is 18.3 Å². The molecule has 0 spiro atoms. The van der Waals surface area contributed by atoms with Crippen molar-refractivity contribution in [3.8, 4) is 5.75 Å². The van der Waals surface area contributed by atoms with Crippen LogP contribution in [-0.2, 0) is 0 Å². The lowest BCUT2D eigenvalue weighted by atomic mass is 10.1. The van der Waals surface area contributed by atoms with Crippen molar-refractivity contribution in [2.75, 3.05) is 13.7 Å². The Morgan fingerprint density at radius 2 is 2.11 bits per heavy atom. The standard InChI is InChI=1S/C12H17BrN2O2.ClH/c1-12(2,7-14)15-11(16)8-4-5-10(17-3)9(13)6-8;/h4-6H,7,14H2,1-3H3,(H,15,16);1H. The van der Waals surface area contributed by atoms with E-state index in [2.05, 4.69) is 21.2 Å². The summed E-state index contributed by atoms with van der Waals surface area (Å²) in [5.41, 5.74) is 5.72. The van der Waals surface area contributed by atoms with Crippen LogP contribution in [-0.4, -0.2) is 25.1 Å². The molecule has 18 heavy (non-hydrogen) atoms. The highest BCUT2D eigenvalue weighted by molar-refractivity contribution is 9.10. The Kier molecular flexibility index (Phi) is 6.67. The molecule has 0 bridgehead atoms. The Hall–Kier alpha value is -0.780. The van der Waals surface area contributed by atoms with Gasteiger partial charge in [0.15, 0.2) is 0 Å². The molecule has 6 heteroatoms. The Balaban J connectivity index is 0.00000289. The number of carbonyl (C=O) groups excluding carboxylic acids is 1. The van der Waals surface area contributed by atoms with E-state index in [1.165, 1.54) is 0 Å². The van der Waals surface area contributed by atoms with Gasteiger partial charge >= 0.3 is 0 Å².